The van der Waals surface area contributed by atoms with Crippen molar-refractivity contribution in [3.8, 4) is 0 Å². The van der Waals surface area contributed by atoms with E-state index < -0.39 is 0 Å². The van der Waals surface area contributed by atoms with Crippen molar-refractivity contribution >= 4 is 27.3 Å². The first-order chi connectivity index (χ1) is 8.16. The highest BCUT2D eigenvalue weighted by molar-refractivity contribution is 9.10. The lowest BCUT2D eigenvalue weighted by molar-refractivity contribution is 0.579. The van der Waals surface area contributed by atoms with Crippen molar-refractivity contribution in [2.24, 2.45) is 0 Å². The summed E-state index contributed by atoms with van der Waals surface area (Å²) >= 11 is 5.11. The molecule has 0 aliphatic heterocycles. The van der Waals surface area contributed by atoms with Crippen molar-refractivity contribution in [1.29, 1.82) is 0 Å². The molecule has 17 heavy (non-hydrogen) atoms. The minimum Gasteiger partial charge on any atom is -0.305 e. The van der Waals surface area contributed by atoms with E-state index in [2.05, 4.69) is 39.6 Å². The van der Waals surface area contributed by atoms with E-state index in [1.807, 2.05) is 6.07 Å². The molecular weight excluding hydrogens is 301 g/mol. The Kier molecular flexibility index (Phi) is 4.31. The van der Waals surface area contributed by atoms with Crippen molar-refractivity contribution in [2.45, 2.75) is 19.5 Å². The minimum absolute atomic E-state index is 0.216. The summed E-state index contributed by atoms with van der Waals surface area (Å²) < 4.78 is 13.7. The highest BCUT2D eigenvalue weighted by Crippen LogP contribution is 2.21. The molecule has 0 spiro atoms. The second-order valence-corrected chi connectivity index (χ2v) is 5.69. The molecule has 0 saturated carbocycles. The Hall–Kier alpha value is -0.710. The summed E-state index contributed by atoms with van der Waals surface area (Å²) in [5.74, 6) is -0.216. The molecule has 4 heteroatoms. The molecule has 1 atom stereocenters. The summed E-state index contributed by atoms with van der Waals surface area (Å²) in [5, 5.41) is 5.49. The fourth-order valence-electron chi connectivity index (χ4n) is 1.57. The maximum atomic E-state index is 12.9. The Labute approximate surface area is 113 Å². The number of halogens is 2. The van der Waals surface area contributed by atoms with Crippen LogP contribution in [0, 0.1) is 5.82 Å². The number of rotatable bonds is 4. The van der Waals surface area contributed by atoms with Gasteiger partial charge in [-0.3, -0.25) is 0 Å². The van der Waals surface area contributed by atoms with Gasteiger partial charge in [0.15, 0.2) is 0 Å². The van der Waals surface area contributed by atoms with Crippen molar-refractivity contribution in [3.63, 3.8) is 0 Å². The van der Waals surface area contributed by atoms with Gasteiger partial charge in [0.25, 0.3) is 0 Å². The van der Waals surface area contributed by atoms with Crippen LogP contribution in [0.3, 0.4) is 0 Å². The third-order valence-corrected chi connectivity index (χ3v) is 4.38. The van der Waals surface area contributed by atoms with Crippen LogP contribution >= 0.6 is 27.3 Å². The molecule has 0 fully saturated rings. The van der Waals surface area contributed by atoms with Crippen LogP contribution in [0.4, 0.5) is 4.39 Å². The maximum Gasteiger partial charge on any atom is 0.124 e. The van der Waals surface area contributed by atoms with Gasteiger partial charge in [-0.1, -0.05) is 28.1 Å². The molecule has 2 aromatic rings. The van der Waals surface area contributed by atoms with Gasteiger partial charge < -0.3 is 5.32 Å². The van der Waals surface area contributed by atoms with Gasteiger partial charge in [0, 0.05) is 21.9 Å². The lowest BCUT2D eigenvalue weighted by Crippen LogP contribution is -2.17. The molecule has 0 aliphatic carbocycles. The highest BCUT2D eigenvalue weighted by Gasteiger charge is 2.07. The molecule has 0 radical (unpaired) electrons. The van der Waals surface area contributed by atoms with Crippen molar-refractivity contribution < 1.29 is 4.39 Å². The van der Waals surface area contributed by atoms with E-state index in [0.717, 1.165) is 16.6 Å². The molecule has 0 saturated heterocycles. The van der Waals surface area contributed by atoms with Gasteiger partial charge in [0.1, 0.15) is 5.82 Å². The second-order valence-electron chi connectivity index (χ2n) is 3.85. The molecule has 90 valence electrons. The fraction of sp³-hybridized carbons (Fsp3) is 0.231. The number of hydrogen-bond donors (Lipinski definition) is 1. The van der Waals surface area contributed by atoms with Gasteiger partial charge in [-0.05, 0) is 36.1 Å². The molecule has 1 aromatic heterocycles. The summed E-state index contributed by atoms with van der Waals surface area (Å²) in [6.07, 6.45) is 0. The Morgan fingerprint density at radius 1 is 1.41 bits per heavy atom. The standard InChI is InChI=1S/C13H13BrFNS/c1-9(13-3-2-6-17-13)16-8-10-4-5-11(15)7-12(10)14/h2-7,9,16H,8H2,1H3/t9-/m0/s1. The number of thiophene rings is 1. The molecular formula is C13H13BrFNS. The zero-order chi connectivity index (χ0) is 12.3. The predicted molar refractivity (Wildman–Crippen MR) is 73.7 cm³/mol. The average Bonchev–Trinajstić information content (AvgIpc) is 2.81. The van der Waals surface area contributed by atoms with E-state index in [0.29, 0.717) is 6.04 Å². The summed E-state index contributed by atoms with van der Waals surface area (Å²) in [5.41, 5.74) is 1.06. The first-order valence-corrected chi connectivity index (χ1v) is 7.05. The van der Waals surface area contributed by atoms with Crippen LogP contribution in [-0.2, 0) is 6.54 Å². The van der Waals surface area contributed by atoms with E-state index in [1.54, 1.807) is 17.4 Å². The predicted octanol–water partition coefficient (Wildman–Crippen LogP) is 4.50. The summed E-state index contributed by atoms with van der Waals surface area (Å²) in [4.78, 5) is 1.31. The van der Waals surface area contributed by atoms with Gasteiger partial charge in [-0.15, -0.1) is 11.3 Å². The molecule has 0 unspecified atom stereocenters. The molecule has 1 aromatic carbocycles. The van der Waals surface area contributed by atoms with Gasteiger partial charge in [-0.2, -0.15) is 0 Å². The Bertz CT molecular complexity index is 484. The minimum atomic E-state index is -0.216. The summed E-state index contributed by atoms with van der Waals surface area (Å²) in [6, 6.07) is 9.25. The summed E-state index contributed by atoms with van der Waals surface area (Å²) in [7, 11) is 0. The SMILES string of the molecule is C[C@H](NCc1ccc(F)cc1Br)c1cccs1. The molecule has 0 aliphatic rings. The fourth-order valence-corrected chi connectivity index (χ4v) is 2.82. The van der Waals surface area contributed by atoms with Crippen LogP contribution in [0.5, 0.6) is 0 Å². The summed E-state index contributed by atoms with van der Waals surface area (Å²) in [6.45, 7) is 2.85. The van der Waals surface area contributed by atoms with Crippen LogP contribution in [0.2, 0.25) is 0 Å². The maximum absolute atomic E-state index is 12.9. The third-order valence-electron chi connectivity index (χ3n) is 2.58. The van der Waals surface area contributed by atoms with E-state index >= 15 is 0 Å². The monoisotopic (exact) mass is 313 g/mol. The lowest BCUT2D eigenvalue weighted by atomic mass is 10.2. The number of benzene rings is 1. The zero-order valence-electron chi connectivity index (χ0n) is 9.41. The molecule has 1 heterocycles. The largest absolute Gasteiger partial charge is 0.305 e. The van der Waals surface area contributed by atoms with Gasteiger partial charge >= 0.3 is 0 Å². The Morgan fingerprint density at radius 3 is 2.88 bits per heavy atom. The normalized spacial score (nSPS) is 12.6. The number of hydrogen-bond acceptors (Lipinski definition) is 2. The lowest BCUT2D eigenvalue weighted by Gasteiger charge is -2.13. The van der Waals surface area contributed by atoms with Gasteiger partial charge in [-0.25, -0.2) is 4.39 Å². The first-order valence-electron chi connectivity index (χ1n) is 5.37. The number of nitrogens with one attached hydrogen (secondary N) is 1. The third kappa shape index (κ3) is 3.37. The van der Waals surface area contributed by atoms with Crippen LogP contribution in [0.25, 0.3) is 0 Å². The van der Waals surface area contributed by atoms with Crippen LogP contribution in [0.1, 0.15) is 23.4 Å². The van der Waals surface area contributed by atoms with E-state index in [-0.39, 0.29) is 5.82 Å². The first kappa shape index (κ1) is 12.7. The second kappa shape index (κ2) is 5.76. The van der Waals surface area contributed by atoms with Gasteiger partial charge in [0.2, 0.25) is 0 Å². The molecule has 1 N–H and O–H groups in total. The van der Waals surface area contributed by atoms with E-state index in [4.69, 9.17) is 0 Å². The van der Waals surface area contributed by atoms with E-state index in [9.17, 15) is 4.39 Å². The van der Waals surface area contributed by atoms with Crippen molar-refractivity contribution in [3.05, 3.63) is 56.4 Å². The van der Waals surface area contributed by atoms with Crippen LogP contribution in [0.15, 0.2) is 40.2 Å². The Balaban J connectivity index is 1.98. The smallest absolute Gasteiger partial charge is 0.124 e. The van der Waals surface area contributed by atoms with Crippen LogP contribution < -0.4 is 5.32 Å². The molecule has 1 nitrogen and oxygen atoms in total. The van der Waals surface area contributed by atoms with Crippen molar-refractivity contribution in [1.82, 2.24) is 5.32 Å². The molecule has 0 amide bonds. The molecule has 0 bridgehead atoms. The zero-order valence-corrected chi connectivity index (χ0v) is 11.8. The quantitative estimate of drug-likeness (QED) is 0.876. The van der Waals surface area contributed by atoms with Gasteiger partial charge in [0.05, 0.1) is 0 Å². The van der Waals surface area contributed by atoms with Crippen molar-refractivity contribution in [2.75, 3.05) is 0 Å². The topological polar surface area (TPSA) is 12.0 Å². The highest BCUT2D eigenvalue weighted by atomic mass is 79.9. The van der Waals surface area contributed by atoms with Crippen LogP contribution in [-0.4, -0.2) is 0 Å². The van der Waals surface area contributed by atoms with E-state index in [1.165, 1.54) is 17.0 Å². The molecule has 2 rings (SSSR count). The Morgan fingerprint density at radius 2 is 2.24 bits per heavy atom. The average molecular weight is 314 g/mol.